The van der Waals surface area contributed by atoms with Gasteiger partial charge in [0.1, 0.15) is 12.3 Å². The van der Waals surface area contributed by atoms with Gasteiger partial charge in [-0.15, -0.1) is 0 Å². The van der Waals surface area contributed by atoms with Crippen LogP contribution in [0.2, 0.25) is 0 Å². The molecule has 0 spiro atoms. The summed E-state index contributed by atoms with van der Waals surface area (Å²) in [5, 5.41) is 8.97. The number of benzene rings is 3. The summed E-state index contributed by atoms with van der Waals surface area (Å²) in [6.07, 6.45) is -5.77. The Morgan fingerprint density at radius 1 is 1.05 bits per heavy atom. The number of carbonyl (C=O) groups excluding carboxylic acids is 1. The van der Waals surface area contributed by atoms with Crippen LogP contribution in [0, 0.1) is 0 Å². The molecule has 0 unspecified atom stereocenters. The fourth-order valence-corrected chi connectivity index (χ4v) is 6.03. The number of aliphatic imine (C=N–C) groups is 1. The van der Waals surface area contributed by atoms with Gasteiger partial charge in [-0.05, 0) is 54.1 Å². The predicted molar refractivity (Wildman–Crippen MR) is 156 cm³/mol. The number of sulfone groups is 1. The normalized spacial score (nSPS) is 18.5. The number of halogens is 4. The number of rotatable bonds is 13. The van der Waals surface area contributed by atoms with E-state index in [4.69, 9.17) is 14.6 Å². The highest BCUT2D eigenvalue weighted by molar-refractivity contribution is 9.10. The Bertz CT molecular complexity index is 1520. The molecular weight excluding hydrogens is 655 g/mol. The van der Waals surface area contributed by atoms with Crippen molar-refractivity contribution >= 4 is 37.6 Å². The molecule has 230 valence electrons. The molecular formula is C29H29BrF3N3O6S. The molecule has 4 rings (SSSR count). The first kappa shape index (κ1) is 32.5. The largest absolute Gasteiger partial charge is 0.494 e. The first-order valence-electron chi connectivity index (χ1n) is 13.2. The average molecular weight is 685 g/mol. The minimum absolute atomic E-state index is 0.00194. The quantitative estimate of drug-likeness (QED) is 0.179. The Hall–Kier alpha value is -3.46. The van der Waals surface area contributed by atoms with Crippen molar-refractivity contribution in [2.24, 2.45) is 4.99 Å². The Morgan fingerprint density at radius 2 is 1.72 bits per heavy atom. The summed E-state index contributed by atoms with van der Waals surface area (Å²) < 4.78 is 77.7. The Labute approximate surface area is 255 Å². The van der Waals surface area contributed by atoms with Crippen LogP contribution in [0.4, 0.5) is 13.2 Å². The van der Waals surface area contributed by atoms with Gasteiger partial charge in [0.2, 0.25) is 5.90 Å². The second-order valence-corrected chi connectivity index (χ2v) is 12.7. The highest BCUT2D eigenvalue weighted by Gasteiger charge is 2.54. The van der Waals surface area contributed by atoms with Gasteiger partial charge in [0.15, 0.2) is 21.5 Å². The molecule has 2 atom stereocenters. The lowest BCUT2D eigenvalue weighted by Crippen LogP contribution is -2.54. The fourth-order valence-electron chi connectivity index (χ4n) is 4.38. The highest BCUT2D eigenvalue weighted by atomic mass is 79.9. The van der Waals surface area contributed by atoms with Crippen molar-refractivity contribution in [3.63, 3.8) is 0 Å². The van der Waals surface area contributed by atoms with Gasteiger partial charge in [-0.2, -0.15) is 13.2 Å². The van der Waals surface area contributed by atoms with Crippen molar-refractivity contribution in [3.05, 3.63) is 94.5 Å². The maximum atomic E-state index is 13.8. The number of ether oxygens (including phenoxy) is 2. The number of hydrogen-bond acceptors (Lipinski definition) is 8. The van der Waals surface area contributed by atoms with Gasteiger partial charge in [0.05, 0.1) is 17.3 Å². The number of nitrogens with zero attached hydrogens (tertiary/aromatic N) is 1. The van der Waals surface area contributed by atoms with Gasteiger partial charge in [-0.3, -0.25) is 10.2 Å². The number of amides is 1. The topological polar surface area (TPSA) is 126 Å². The van der Waals surface area contributed by atoms with Gasteiger partial charge < -0.3 is 14.6 Å². The third kappa shape index (κ3) is 8.34. The molecule has 9 nitrogen and oxygen atoms in total. The van der Waals surface area contributed by atoms with Gasteiger partial charge in [0.25, 0.3) is 5.91 Å². The van der Waals surface area contributed by atoms with E-state index in [2.05, 4.69) is 26.3 Å². The predicted octanol–water partition coefficient (Wildman–Crippen LogP) is 4.51. The van der Waals surface area contributed by atoms with Crippen LogP contribution in [-0.4, -0.2) is 62.6 Å². The van der Waals surface area contributed by atoms with Gasteiger partial charge in [0, 0.05) is 29.5 Å². The Morgan fingerprint density at radius 3 is 2.35 bits per heavy atom. The molecule has 1 aliphatic rings. The van der Waals surface area contributed by atoms with E-state index in [1.165, 1.54) is 12.1 Å². The van der Waals surface area contributed by atoms with Crippen molar-refractivity contribution in [2.75, 3.05) is 25.5 Å². The molecule has 0 saturated heterocycles. The Kier molecular flexibility index (Phi) is 10.5. The zero-order chi connectivity index (χ0) is 31.1. The molecule has 0 saturated carbocycles. The third-order valence-corrected chi connectivity index (χ3v) is 8.81. The van der Waals surface area contributed by atoms with E-state index in [0.717, 1.165) is 4.47 Å². The Balaban J connectivity index is 1.74. The first-order chi connectivity index (χ1) is 20.4. The minimum Gasteiger partial charge on any atom is -0.494 e. The van der Waals surface area contributed by atoms with Crippen LogP contribution in [0.3, 0.4) is 0 Å². The maximum Gasteiger partial charge on any atom is 0.402 e. The highest BCUT2D eigenvalue weighted by Crippen LogP contribution is 2.43. The molecule has 43 heavy (non-hydrogen) atoms. The number of alkyl halides is 3. The van der Waals surface area contributed by atoms with Crippen LogP contribution < -0.4 is 15.6 Å². The fraction of sp³-hybridized carbons (Fsp3) is 0.310. The minimum atomic E-state index is -4.62. The monoisotopic (exact) mass is 683 g/mol. The summed E-state index contributed by atoms with van der Waals surface area (Å²) >= 11 is 3.35. The van der Waals surface area contributed by atoms with E-state index in [1.54, 1.807) is 66.7 Å². The van der Waals surface area contributed by atoms with Crippen LogP contribution in [0.1, 0.15) is 30.1 Å². The van der Waals surface area contributed by atoms with Crippen molar-refractivity contribution in [1.82, 2.24) is 10.9 Å². The van der Waals surface area contributed by atoms with Gasteiger partial charge in [-0.25, -0.2) is 18.8 Å². The molecule has 0 aliphatic carbocycles. The van der Waals surface area contributed by atoms with Crippen LogP contribution >= 0.6 is 15.9 Å². The lowest BCUT2D eigenvalue weighted by Gasteiger charge is -2.30. The lowest BCUT2D eigenvalue weighted by molar-refractivity contribution is -0.136. The number of nitrogens with one attached hydrogen (secondary N) is 2. The van der Waals surface area contributed by atoms with Gasteiger partial charge in [-0.1, -0.05) is 46.3 Å². The molecule has 0 radical (unpaired) electrons. The number of aliphatic hydroxyl groups excluding tert-OH is 1. The molecule has 3 N–H and O–H groups in total. The van der Waals surface area contributed by atoms with Crippen molar-refractivity contribution in [2.45, 2.75) is 35.6 Å². The summed E-state index contributed by atoms with van der Waals surface area (Å²) in [6.45, 7) is -1.25. The molecule has 1 heterocycles. The maximum absolute atomic E-state index is 13.8. The second-order valence-electron chi connectivity index (χ2n) is 9.65. The van der Waals surface area contributed by atoms with E-state index in [0.29, 0.717) is 29.9 Å². The molecule has 1 aliphatic heterocycles. The van der Waals surface area contributed by atoms with Crippen LogP contribution in [0.15, 0.2) is 93.2 Å². The number of carbonyl (C=O) groups is 1. The smallest absolute Gasteiger partial charge is 0.402 e. The summed E-state index contributed by atoms with van der Waals surface area (Å²) in [7, 11) is -3.92. The first-order valence-corrected chi connectivity index (χ1v) is 15.6. The van der Waals surface area contributed by atoms with E-state index in [1.807, 2.05) is 5.43 Å². The molecule has 0 bridgehead atoms. The van der Waals surface area contributed by atoms with Crippen LogP contribution in [-0.2, 0) is 19.4 Å². The van der Waals surface area contributed by atoms with Crippen molar-refractivity contribution in [3.8, 4) is 5.75 Å². The average Bonchev–Trinajstić information content (AvgIpc) is 3.38. The van der Waals surface area contributed by atoms with Gasteiger partial charge >= 0.3 is 6.18 Å². The lowest BCUT2D eigenvalue weighted by atomic mass is 9.85. The van der Waals surface area contributed by atoms with E-state index in [9.17, 15) is 26.4 Å². The van der Waals surface area contributed by atoms with E-state index >= 15 is 0 Å². The van der Waals surface area contributed by atoms with Crippen LogP contribution in [0.25, 0.3) is 0 Å². The number of aliphatic hydroxyl groups is 1. The molecule has 0 fully saturated rings. The van der Waals surface area contributed by atoms with E-state index < -0.39 is 52.3 Å². The number of hydrogen-bond donors (Lipinski definition) is 3. The zero-order valence-electron chi connectivity index (χ0n) is 22.7. The van der Waals surface area contributed by atoms with Crippen molar-refractivity contribution in [1.29, 1.82) is 0 Å². The standard InChI is InChI=1S/C29H29BrF3N3O6S/c30-22-11-7-20(8-12-22)25-28(27(38)36-34-19-29(31,32)33,15-18-43(39,40)24-5-2-1-3-6-24)35-26(42-25)21-9-13-23(14-10-21)41-17-4-16-37/h1-3,5-14,25,34,37H,4,15-19H2,(H,36,38)/t25-,28-/m0/s1. The summed E-state index contributed by atoms with van der Waals surface area (Å²) in [6, 6.07) is 20.9. The zero-order valence-corrected chi connectivity index (χ0v) is 25.1. The SMILES string of the molecule is O=C(NNCC(F)(F)F)[C@@]1(CCS(=O)(=O)c2ccccc2)N=C(c2ccc(OCCCO)cc2)O[C@H]1c1ccc(Br)cc1. The molecule has 3 aromatic carbocycles. The summed E-state index contributed by atoms with van der Waals surface area (Å²) in [4.78, 5) is 18.4. The molecule has 14 heteroatoms. The number of hydrazine groups is 1. The third-order valence-electron chi connectivity index (χ3n) is 6.55. The van der Waals surface area contributed by atoms with Crippen LogP contribution in [0.5, 0.6) is 5.75 Å². The summed E-state index contributed by atoms with van der Waals surface area (Å²) in [5.41, 5.74) is 2.87. The molecule has 1 amide bonds. The van der Waals surface area contributed by atoms with E-state index in [-0.39, 0.29) is 17.4 Å². The molecule has 3 aromatic rings. The molecule has 0 aromatic heterocycles. The van der Waals surface area contributed by atoms with Crippen molar-refractivity contribution < 1.29 is 41.0 Å². The summed E-state index contributed by atoms with van der Waals surface area (Å²) in [5.74, 6) is -1.03. The second kappa shape index (κ2) is 13.9.